The number of hydrogen-bond acceptors (Lipinski definition) is 5. The number of aromatic hydroxyl groups is 1. The lowest BCUT2D eigenvalue weighted by Crippen LogP contribution is -2.15. The van der Waals surface area contributed by atoms with Crippen LogP contribution in [0, 0.1) is 18.6 Å². The second kappa shape index (κ2) is 9.25. The Bertz CT molecular complexity index is 1340. The second-order valence-corrected chi connectivity index (χ2v) is 8.95. The van der Waals surface area contributed by atoms with Gasteiger partial charge in [-0.25, -0.2) is 17.2 Å². The highest BCUT2D eigenvalue weighted by molar-refractivity contribution is 7.92. The molecule has 0 bridgehead atoms. The zero-order chi connectivity index (χ0) is 24.3. The molecule has 0 aliphatic rings. The normalized spacial score (nSPS) is 11.0. The summed E-state index contributed by atoms with van der Waals surface area (Å²) in [6, 6.07) is 10.6. The Morgan fingerprint density at radius 3 is 2.03 bits per heavy atom. The molecule has 3 aromatic carbocycles. The molecule has 3 rings (SSSR count). The minimum absolute atomic E-state index is 0.0914. The van der Waals surface area contributed by atoms with E-state index < -0.39 is 39.2 Å². The number of carbonyl (C=O) groups is 2. The molecule has 0 aliphatic carbocycles. The van der Waals surface area contributed by atoms with E-state index in [0.29, 0.717) is 11.6 Å². The van der Waals surface area contributed by atoms with Gasteiger partial charge in [-0.1, -0.05) is 6.07 Å². The number of sulfonamides is 1. The van der Waals surface area contributed by atoms with Gasteiger partial charge in [-0.3, -0.25) is 14.3 Å². The second-order valence-electron chi connectivity index (χ2n) is 7.20. The third kappa shape index (κ3) is 6.26. The first-order valence-electron chi connectivity index (χ1n) is 9.41. The lowest BCUT2D eigenvalue weighted by atomic mass is 10.1. The lowest BCUT2D eigenvalue weighted by molar-refractivity contribution is 0.101. The fraction of sp³-hybridized carbons (Fsp3) is 0.0909. The maximum absolute atomic E-state index is 13.3. The van der Waals surface area contributed by atoms with Crippen molar-refractivity contribution in [1.82, 2.24) is 0 Å². The maximum Gasteiger partial charge on any atom is 0.259 e. The van der Waals surface area contributed by atoms with Gasteiger partial charge in [-0.15, -0.1) is 0 Å². The summed E-state index contributed by atoms with van der Waals surface area (Å²) in [5, 5.41) is 15.2. The first-order chi connectivity index (χ1) is 15.4. The Kier molecular flexibility index (Phi) is 6.63. The largest absolute Gasteiger partial charge is 0.507 e. The number of amides is 2. The van der Waals surface area contributed by atoms with Crippen LogP contribution in [0.4, 0.5) is 25.8 Å². The van der Waals surface area contributed by atoms with Gasteiger partial charge in [0.15, 0.2) is 0 Å². The van der Waals surface area contributed by atoms with E-state index in [9.17, 15) is 31.9 Å². The van der Waals surface area contributed by atoms with Crippen molar-refractivity contribution in [2.24, 2.45) is 0 Å². The van der Waals surface area contributed by atoms with E-state index >= 15 is 0 Å². The third-order valence-electron chi connectivity index (χ3n) is 4.42. The molecule has 0 fully saturated rings. The summed E-state index contributed by atoms with van der Waals surface area (Å²) < 4.78 is 51.9. The zero-order valence-corrected chi connectivity index (χ0v) is 18.3. The van der Waals surface area contributed by atoms with E-state index in [1.165, 1.54) is 18.2 Å². The molecule has 0 radical (unpaired) electrons. The van der Waals surface area contributed by atoms with Gasteiger partial charge < -0.3 is 15.7 Å². The Morgan fingerprint density at radius 1 is 0.848 bits per heavy atom. The van der Waals surface area contributed by atoms with Gasteiger partial charge in [0.05, 0.1) is 17.5 Å². The summed E-state index contributed by atoms with van der Waals surface area (Å²) in [6.07, 6.45) is 1.00. The summed E-state index contributed by atoms with van der Waals surface area (Å²) >= 11 is 0. The van der Waals surface area contributed by atoms with Crippen LogP contribution < -0.4 is 15.4 Å². The molecule has 3 aromatic rings. The number of anilines is 3. The molecule has 0 aromatic heterocycles. The minimum Gasteiger partial charge on any atom is -0.507 e. The molecule has 172 valence electrons. The van der Waals surface area contributed by atoms with Gasteiger partial charge in [0.25, 0.3) is 11.8 Å². The van der Waals surface area contributed by atoms with Crippen LogP contribution in [-0.2, 0) is 10.0 Å². The fourth-order valence-electron chi connectivity index (χ4n) is 2.90. The molecule has 0 spiro atoms. The van der Waals surface area contributed by atoms with Crippen molar-refractivity contribution < 1.29 is 31.9 Å². The van der Waals surface area contributed by atoms with Crippen LogP contribution in [0.25, 0.3) is 0 Å². The number of benzene rings is 3. The molecule has 0 heterocycles. The molecule has 0 saturated carbocycles. The smallest absolute Gasteiger partial charge is 0.259 e. The van der Waals surface area contributed by atoms with Crippen molar-refractivity contribution >= 4 is 38.9 Å². The summed E-state index contributed by atoms with van der Waals surface area (Å²) in [5.41, 5.74) is 0.913. The first kappa shape index (κ1) is 23.7. The van der Waals surface area contributed by atoms with Crippen LogP contribution in [0.15, 0.2) is 54.6 Å². The standard InChI is InChI=1S/C22H19F2N3O5S/c1-12-3-4-16(10-19(12)27-33(2,31)32)26-22(30)18-6-5-17(11-20(18)28)25-21(29)13-7-14(23)9-15(24)8-13/h3-11,27-28H,1-2H3,(H,25,29)(H,26,30). The van der Waals surface area contributed by atoms with Crippen molar-refractivity contribution in [3.63, 3.8) is 0 Å². The average Bonchev–Trinajstić information content (AvgIpc) is 2.68. The van der Waals surface area contributed by atoms with Crippen molar-refractivity contribution in [3.8, 4) is 5.75 Å². The molecule has 33 heavy (non-hydrogen) atoms. The number of nitrogens with one attached hydrogen (secondary N) is 3. The Hall–Kier alpha value is -3.99. The number of rotatable bonds is 6. The predicted octanol–water partition coefficient (Wildman–Crippen LogP) is 3.85. The van der Waals surface area contributed by atoms with Crippen molar-refractivity contribution in [2.45, 2.75) is 6.92 Å². The number of hydrogen-bond donors (Lipinski definition) is 4. The highest BCUT2D eigenvalue weighted by atomic mass is 32.2. The van der Waals surface area contributed by atoms with Crippen LogP contribution in [0.1, 0.15) is 26.3 Å². The molecule has 0 aliphatic heterocycles. The summed E-state index contributed by atoms with van der Waals surface area (Å²) in [6.45, 7) is 1.69. The van der Waals surface area contributed by atoms with Crippen LogP contribution in [-0.4, -0.2) is 31.6 Å². The predicted molar refractivity (Wildman–Crippen MR) is 120 cm³/mol. The lowest BCUT2D eigenvalue weighted by Gasteiger charge is -2.12. The Morgan fingerprint density at radius 2 is 1.42 bits per heavy atom. The van der Waals surface area contributed by atoms with Crippen molar-refractivity contribution in [3.05, 3.63) is 82.9 Å². The number of phenolic OH excluding ortho intramolecular Hbond substituents is 1. The molecule has 2 amide bonds. The molecule has 0 saturated heterocycles. The Balaban J connectivity index is 1.75. The van der Waals surface area contributed by atoms with Crippen LogP contribution in [0.3, 0.4) is 0 Å². The first-order valence-corrected chi connectivity index (χ1v) is 11.3. The molecule has 0 atom stereocenters. The summed E-state index contributed by atoms with van der Waals surface area (Å²) in [4.78, 5) is 24.8. The van der Waals surface area contributed by atoms with E-state index in [1.807, 2.05) is 0 Å². The van der Waals surface area contributed by atoms with Gasteiger partial charge in [0.1, 0.15) is 17.4 Å². The van der Waals surface area contributed by atoms with E-state index in [4.69, 9.17) is 0 Å². The van der Waals surface area contributed by atoms with Gasteiger partial charge in [-0.05, 0) is 48.9 Å². The molecule has 11 heteroatoms. The summed E-state index contributed by atoms with van der Waals surface area (Å²) in [5.74, 6) is -3.79. The number of halogens is 2. The number of carbonyl (C=O) groups excluding carboxylic acids is 2. The number of phenols is 1. The topological polar surface area (TPSA) is 125 Å². The van der Waals surface area contributed by atoms with Crippen LogP contribution in [0.5, 0.6) is 5.75 Å². The minimum atomic E-state index is -3.52. The van der Waals surface area contributed by atoms with Crippen molar-refractivity contribution in [2.75, 3.05) is 21.6 Å². The zero-order valence-electron chi connectivity index (χ0n) is 17.4. The molecule has 4 N–H and O–H groups in total. The Labute approximate surface area is 188 Å². The third-order valence-corrected chi connectivity index (χ3v) is 5.01. The quantitative estimate of drug-likeness (QED) is 0.431. The van der Waals surface area contributed by atoms with E-state index in [2.05, 4.69) is 15.4 Å². The summed E-state index contributed by atoms with van der Waals surface area (Å²) in [7, 11) is -3.52. The van der Waals surface area contributed by atoms with E-state index in [0.717, 1.165) is 24.5 Å². The van der Waals surface area contributed by atoms with Gasteiger partial charge in [0, 0.05) is 29.1 Å². The highest BCUT2D eigenvalue weighted by Gasteiger charge is 2.15. The van der Waals surface area contributed by atoms with E-state index in [1.54, 1.807) is 19.1 Å². The maximum atomic E-state index is 13.3. The molecule has 0 unspecified atom stereocenters. The molecular weight excluding hydrogens is 456 g/mol. The van der Waals surface area contributed by atoms with E-state index in [-0.39, 0.29) is 28.2 Å². The SMILES string of the molecule is Cc1ccc(NC(=O)c2ccc(NC(=O)c3cc(F)cc(F)c3)cc2O)cc1NS(C)(=O)=O. The van der Waals surface area contributed by atoms with Crippen LogP contribution in [0.2, 0.25) is 0 Å². The molecular formula is C22H19F2N3O5S. The average molecular weight is 475 g/mol. The number of aryl methyl sites for hydroxylation is 1. The monoisotopic (exact) mass is 475 g/mol. The van der Waals surface area contributed by atoms with Gasteiger partial charge in [-0.2, -0.15) is 0 Å². The molecule has 8 nitrogen and oxygen atoms in total. The van der Waals surface area contributed by atoms with Crippen LogP contribution >= 0.6 is 0 Å². The highest BCUT2D eigenvalue weighted by Crippen LogP contribution is 2.26. The van der Waals surface area contributed by atoms with Crippen molar-refractivity contribution in [1.29, 1.82) is 0 Å². The fourth-order valence-corrected chi connectivity index (χ4v) is 3.52. The van der Waals surface area contributed by atoms with Gasteiger partial charge >= 0.3 is 0 Å². The van der Waals surface area contributed by atoms with Gasteiger partial charge in [0.2, 0.25) is 10.0 Å².